The van der Waals surface area contributed by atoms with Crippen LogP contribution in [0.1, 0.15) is 16.8 Å². The van der Waals surface area contributed by atoms with E-state index < -0.39 is 10.0 Å². The van der Waals surface area contributed by atoms with E-state index in [0.29, 0.717) is 29.6 Å². The summed E-state index contributed by atoms with van der Waals surface area (Å²) in [5, 5.41) is 10.1. The van der Waals surface area contributed by atoms with E-state index in [1.54, 1.807) is 18.3 Å². The molecular formula is C13H15N5O3S. The van der Waals surface area contributed by atoms with Crippen LogP contribution in [0.2, 0.25) is 0 Å². The largest absolute Gasteiger partial charge is 0.326 e. The molecule has 2 aromatic rings. The SMILES string of the molecule is CS(=O)(=O)N1CC=C(NC(=O)c2ccnc3[nH]ncc23)CC1. The van der Waals surface area contributed by atoms with Gasteiger partial charge in [-0.3, -0.25) is 9.89 Å². The molecule has 0 radical (unpaired) electrons. The minimum Gasteiger partial charge on any atom is -0.326 e. The highest BCUT2D eigenvalue weighted by atomic mass is 32.2. The van der Waals surface area contributed by atoms with Crippen LogP contribution in [0.15, 0.2) is 30.2 Å². The summed E-state index contributed by atoms with van der Waals surface area (Å²) in [6.07, 6.45) is 6.46. The van der Waals surface area contributed by atoms with Crippen molar-refractivity contribution in [2.75, 3.05) is 19.3 Å². The Labute approximate surface area is 127 Å². The summed E-state index contributed by atoms with van der Waals surface area (Å²) in [7, 11) is -3.20. The van der Waals surface area contributed by atoms with Gasteiger partial charge in [0.1, 0.15) is 0 Å². The van der Waals surface area contributed by atoms with Gasteiger partial charge in [0.05, 0.1) is 23.4 Å². The number of carbonyl (C=O) groups excluding carboxylic acids is 1. The first-order valence-corrected chi connectivity index (χ1v) is 8.53. The number of pyridine rings is 1. The molecule has 1 aliphatic rings. The second-order valence-electron chi connectivity index (χ2n) is 5.05. The lowest BCUT2D eigenvalue weighted by atomic mass is 10.1. The van der Waals surface area contributed by atoms with E-state index in [-0.39, 0.29) is 12.5 Å². The monoisotopic (exact) mass is 321 g/mol. The van der Waals surface area contributed by atoms with E-state index in [2.05, 4.69) is 20.5 Å². The molecule has 1 amide bonds. The maximum Gasteiger partial charge on any atom is 0.256 e. The average Bonchev–Trinajstić information content (AvgIpc) is 2.95. The van der Waals surface area contributed by atoms with E-state index in [9.17, 15) is 13.2 Å². The van der Waals surface area contributed by atoms with Crippen molar-refractivity contribution < 1.29 is 13.2 Å². The Balaban J connectivity index is 1.76. The number of aromatic nitrogens is 3. The summed E-state index contributed by atoms with van der Waals surface area (Å²) in [4.78, 5) is 16.4. The van der Waals surface area contributed by atoms with Gasteiger partial charge in [0.25, 0.3) is 5.91 Å². The Morgan fingerprint density at radius 3 is 2.95 bits per heavy atom. The van der Waals surface area contributed by atoms with Gasteiger partial charge >= 0.3 is 0 Å². The van der Waals surface area contributed by atoms with Gasteiger partial charge in [0, 0.05) is 31.4 Å². The zero-order chi connectivity index (χ0) is 15.7. The molecule has 0 unspecified atom stereocenters. The number of hydrogen-bond acceptors (Lipinski definition) is 5. The van der Waals surface area contributed by atoms with Crippen LogP contribution in [0.4, 0.5) is 0 Å². The molecule has 3 rings (SSSR count). The molecule has 0 saturated heterocycles. The number of amides is 1. The molecule has 9 heteroatoms. The van der Waals surface area contributed by atoms with Crippen LogP contribution >= 0.6 is 0 Å². The molecule has 116 valence electrons. The molecule has 0 fully saturated rings. The number of sulfonamides is 1. The summed E-state index contributed by atoms with van der Waals surface area (Å²) < 4.78 is 24.3. The van der Waals surface area contributed by atoms with Crippen molar-refractivity contribution in [1.29, 1.82) is 0 Å². The lowest BCUT2D eigenvalue weighted by molar-refractivity contribution is 0.0965. The van der Waals surface area contributed by atoms with Crippen LogP contribution in [0.3, 0.4) is 0 Å². The maximum atomic E-state index is 12.4. The van der Waals surface area contributed by atoms with Crippen LogP contribution in [0.25, 0.3) is 11.0 Å². The number of hydrogen-bond donors (Lipinski definition) is 2. The topological polar surface area (TPSA) is 108 Å². The van der Waals surface area contributed by atoms with E-state index in [4.69, 9.17) is 0 Å². The third kappa shape index (κ3) is 2.85. The van der Waals surface area contributed by atoms with Gasteiger partial charge in [0.15, 0.2) is 5.65 Å². The molecule has 0 aromatic carbocycles. The molecule has 0 saturated carbocycles. The first-order chi connectivity index (χ1) is 10.4. The van der Waals surface area contributed by atoms with E-state index >= 15 is 0 Å². The number of aromatic amines is 1. The Morgan fingerprint density at radius 2 is 2.27 bits per heavy atom. The van der Waals surface area contributed by atoms with Gasteiger partial charge in [-0.25, -0.2) is 13.4 Å². The second kappa shape index (κ2) is 5.50. The molecule has 22 heavy (non-hydrogen) atoms. The molecule has 3 heterocycles. The highest BCUT2D eigenvalue weighted by molar-refractivity contribution is 7.88. The Morgan fingerprint density at radius 1 is 1.45 bits per heavy atom. The maximum absolute atomic E-state index is 12.4. The number of rotatable bonds is 3. The summed E-state index contributed by atoms with van der Waals surface area (Å²) in [6.45, 7) is 0.633. The van der Waals surface area contributed by atoms with Crippen LogP contribution in [0, 0.1) is 0 Å². The smallest absolute Gasteiger partial charge is 0.256 e. The van der Waals surface area contributed by atoms with Crippen molar-refractivity contribution in [1.82, 2.24) is 24.8 Å². The molecule has 0 atom stereocenters. The number of fused-ring (bicyclic) bond motifs is 1. The van der Waals surface area contributed by atoms with Gasteiger partial charge in [-0.05, 0) is 12.1 Å². The molecule has 1 aliphatic heterocycles. The predicted octanol–water partition coefficient (Wildman–Crippen LogP) is 0.237. The van der Waals surface area contributed by atoms with Gasteiger partial charge < -0.3 is 5.32 Å². The Hall–Kier alpha value is -2.26. The van der Waals surface area contributed by atoms with Crippen molar-refractivity contribution in [3.8, 4) is 0 Å². The van der Waals surface area contributed by atoms with Gasteiger partial charge in [-0.15, -0.1) is 0 Å². The van der Waals surface area contributed by atoms with Crippen molar-refractivity contribution >= 4 is 27.0 Å². The molecule has 0 spiro atoms. The van der Waals surface area contributed by atoms with Crippen LogP contribution < -0.4 is 5.32 Å². The zero-order valence-corrected chi connectivity index (χ0v) is 12.7. The quantitative estimate of drug-likeness (QED) is 0.842. The third-order valence-corrected chi connectivity index (χ3v) is 4.78. The fraction of sp³-hybridized carbons (Fsp3) is 0.308. The van der Waals surface area contributed by atoms with Crippen molar-refractivity contribution in [3.05, 3.63) is 35.8 Å². The van der Waals surface area contributed by atoms with E-state index in [1.165, 1.54) is 16.8 Å². The van der Waals surface area contributed by atoms with Crippen LogP contribution in [0.5, 0.6) is 0 Å². The molecule has 2 N–H and O–H groups in total. The minimum absolute atomic E-state index is 0.257. The van der Waals surface area contributed by atoms with E-state index in [1.807, 2.05) is 0 Å². The highest BCUT2D eigenvalue weighted by Gasteiger charge is 2.21. The summed E-state index contributed by atoms with van der Waals surface area (Å²) in [5.41, 5.74) is 1.75. The zero-order valence-electron chi connectivity index (χ0n) is 11.9. The molecule has 0 bridgehead atoms. The van der Waals surface area contributed by atoms with Gasteiger partial charge in [-0.2, -0.15) is 9.40 Å². The molecular weight excluding hydrogens is 306 g/mol. The normalized spacial score (nSPS) is 16.5. The number of nitrogens with zero attached hydrogens (tertiary/aromatic N) is 3. The number of carbonyl (C=O) groups is 1. The number of H-pyrrole nitrogens is 1. The van der Waals surface area contributed by atoms with Crippen molar-refractivity contribution in [3.63, 3.8) is 0 Å². The molecule has 0 aliphatic carbocycles. The van der Waals surface area contributed by atoms with Gasteiger partial charge in [-0.1, -0.05) is 0 Å². The van der Waals surface area contributed by atoms with Crippen LogP contribution in [-0.2, 0) is 10.0 Å². The van der Waals surface area contributed by atoms with Crippen LogP contribution in [-0.4, -0.2) is 53.2 Å². The summed E-state index contributed by atoms with van der Waals surface area (Å²) in [6, 6.07) is 1.62. The first kappa shape index (κ1) is 14.7. The second-order valence-corrected chi connectivity index (χ2v) is 7.03. The number of nitrogens with one attached hydrogen (secondary N) is 2. The van der Waals surface area contributed by atoms with E-state index in [0.717, 1.165) is 5.70 Å². The lowest BCUT2D eigenvalue weighted by Gasteiger charge is -2.24. The minimum atomic E-state index is -3.20. The standard InChI is InChI=1S/C13H15N5O3S/c1-22(20,21)18-6-3-9(4-7-18)16-13(19)10-2-5-14-12-11(10)8-15-17-12/h2-3,5,8H,4,6-7H2,1H3,(H,16,19)(H,14,15,17). The highest BCUT2D eigenvalue weighted by Crippen LogP contribution is 2.16. The fourth-order valence-electron chi connectivity index (χ4n) is 2.33. The lowest BCUT2D eigenvalue weighted by Crippen LogP contribution is -2.37. The van der Waals surface area contributed by atoms with Crippen molar-refractivity contribution in [2.45, 2.75) is 6.42 Å². The fourth-order valence-corrected chi connectivity index (χ4v) is 3.10. The Kier molecular flexibility index (Phi) is 3.67. The van der Waals surface area contributed by atoms with Gasteiger partial charge in [0.2, 0.25) is 10.0 Å². The summed E-state index contributed by atoms with van der Waals surface area (Å²) >= 11 is 0. The average molecular weight is 321 g/mol. The molecule has 8 nitrogen and oxygen atoms in total. The summed E-state index contributed by atoms with van der Waals surface area (Å²) in [5.74, 6) is -0.257. The molecule has 2 aromatic heterocycles. The van der Waals surface area contributed by atoms with Crippen molar-refractivity contribution in [2.24, 2.45) is 0 Å². The Bertz CT molecular complexity index is 855. The predicted molar refractivity (Wildman–Crippen MR) is 80.5 cm³/mol. The first-order valence-electron chi connectivity index (χ1n) is 6.69. The third-order valence-electron chi connectivity index (χ3n) is 3.51.